The highest BCUT2D eigenvalue weighted by Crippen LogP contribution is 2.29. The lowest BCUT2D eigenvalue weighted by atomic mass is 10.00. The Labute approximate surface area is 187 Å². The van der Waals surface area contributed by atoms with Crippen LogP contribution in [0.1, 0.15) is 50.0 Å². The number of carbonyl (C=O) groups excluding carboxylic acids is 1. The predicted molar refractivity (Wildman–Crippen MR) is 124 cm³/mol. The summed E-state index contributed by atoms with van der Waals surface area (Å²) in [7, 11) is 0. The highest BCUT2D eigenvalue weighted by molar-refractivity contribution is 7.13. The first-order valence-corrected chi connectivity index (χ1v) is 10.4. The molecular weight excluding hydrogens is 429 g/mol. The number of piperidine rings is 1. The predicted octanol–water partition coefficient (Wildman–Crippen LogP) is 4.45. The van der Waals surface area contributed by atoms with Crippen molar-refractivity contribution in [3.8, 4) is 10.6 Å². The van der Waals surface area contributed by atoms with Crippen molar-refractivity contribution in [1.82, 2.24) is 25.4 Å². The van der Waals surface area contributed by atoms with Crippen LogP contribution in [0.5, 0.6) is 0 Å². The third kappa shape index (κ3) is 4.91. The van der Waals surface area contributed by atoms with Crippen LogP contribution in [0.15, 0.2) is 29.8 Å². The van der Waals surface area contributed by atoms with Gasteiger partial charge in [0.1, 0.15) is 0 Å². The summed E-state index contributed by atoms with van der Waals surface area (Å²) in [5.74, 6) is -0.0392. The van der Waals surface area contributed by atoms with Crippen molar-refractivity contribution in [1.29, 1.82) is 0 Å². The number of halogens is 2. The van der Waals surface area contributed by atoms with Gasteiger partial charge in [-0.2, -0.15) is 5.10 Å². The quantitative estimate of drug-likeness (QED) is 0.609. The molecule has 29 heavy (non-hydrogen) atoms. The van der Waals surface area contributed by atoms with Gasteiger partial charge in [-0.05, 0) is 57.7 Å². The average molecular weight is 456 g/mol. The molecule has 9 heteroatoms. The van der Waals surface area contributed by atoms with Gasteiger partial charge in [-0.1, -0.05) is 6.07 Å². The molecule has 2 atom stereocenters. The molecule has 1 amide bonds. The lowest BCUT2D eigenvalue weighted by molar-refractivity contribution is 0.0927. The molecule has 0 aliphatic carbocycles. The minimum Gasteiger partial charge on any atom is -0.349 e. The Morgan fingerprint density at radius 1 is 1.38 bits per heavy atom. The summed E-state index contributed by atoms with van der Waals surface area (Å²) in [4.78, 5) is 19.0. The van der Waals surface area contributed by atoms with E-state index in [9.17, 15) is 4.79 Å². The summed E-state index contributed by atoms with van der Waals surface area (Å²) < 4.78 is 1.88. The van der Waals surface area contributed by atoms with Gasteiger partial charge in [0.25, 0.3) is 5.91 Å². The van der Waals surface area contributed by atoms with E-state index in [1.54, 1.807) is 17.5 Å². The maximum absolute atomic E-state index is 13.1. The van der Waals surface area contributed by atoms with Crippen molar-refractivity contribution in [2.45, 2.75) is 51.7 Å². The fourth-order valence-electron chi connectivity index (χ4n) is 3.66. The molecule has 1 aliphatic rings. The fourth-order valence-corrected chi connectivity index (χ4v) is 4.35. The Morgan fingerprint density at radius 2 is 2.17 bits per heavy atom. The minimum absolute atomic E-state index is 0. The molecule has 0 spiro atoms. The number of hydrogen-bond acceptors (Lipinski definition) is 5. The first-order valence-electron chi connectivity index (χ1n) is 9.49. The fraction of sp³-hybridized carbons (Fsp3) is 0.450. The zero-order valence-electron chi connectivity index (χ0n) is 16.7. The van der Waals surface area contributed by atoms with Gasteiger partial charge < -0.3 is 10.6 Å². The van der Waals surface area contributed by atoms with E-state index >= 15 is 0 Å². The second-order valence-electron chi connectivity index (χ2n) is 7.50. The van der Waals surface area contributed by atoms with Gasteiger partial charge in [-0.3, -0.25) is 4.79 Å². The van der Waals surface area contributed by atoms with Crippen molar-refractivity contribution in [3.05, 3.63) is 35.3 Å². The maximum atomic E-state index is 13.1. The first-order chi connectivity index (χ1) is 13.0. The molecule has 0 aromatic carbocycles. The highest BCUT2D eigenvalue weighted by atomic mass is 35.5. The summed E-state index contributed by atoms with van der Waals surface area (Å²) in [6.45, 7) is 7.23. The SMILES string of the molecule is CC1CC(NC(=O)c2cc(-c3cccs3)nc3c2cnn3C(C)C)CCN1.Cl.Cl. The number of aromatic nitrogens is 3. The van der Waals surface area contributed by atoms with Gasteiger partial charge in [0.2, 0.25) is 0 Å². The Balaban J connectivity index is 0.00000150. The van der Waals surface area contributed by atoms with Gasteiger partial charge in [0, 0.05) is 18.1 Å². The summed E-state index contributed by atoms with van der Waals surface area (Å²) in [6, 6.07) is 6.73. The van der Waals surface area contributed by atoms with E-state index in [0.29, 0.717) is 11.6 Å². The van der Waals surface area contributed by atoms with E-state index in [1.807, 2.05) is 28.3 Å². The second kappa shape index (κ2) is 9.89. The van der Waals surface area contributed by atoms with Crippen LogP contribution in [0.4, 0.5) is 0 Å². The van der Waals surface area contributed by atoms with Crippen LogP contribution in [0.3, 0.4) is 0 Å². The molecule has 1 fully saturated rings. The largest absolute Gasteiger partial charge is 0.349 e. The van der Waals surface area contributed by atoms with Crippen LogP contribution < -0.4 is 10.6 Å². The maximum Gasteiger partial charge on any atom is 0.252 e. The Morgan fingerprint density at radius 3 is 2.83 bits per heavy atom. The van der Waals surface area contributed by atoms with E-state index in [0.717, 1.165) is 41.0 Å². The first kappa shape index (κ1) is 23.6. The number of rotatable bonds is 4. The number of fused-ring (bicyclic) bond motifs is 1. The zero-order valence-corrected chi connectivity index (χ0v) is 19.2. The normalized spacial score (nSPS) is 18.9. The van der Waals surface area contributed by atoms with E-state index in [-0.39, 0.29) is 42.8 Å². The molecule has 0 radical (unpaired) electrons. The summed E-state index contributed by atoms with van der Waals surface area (Å²) in [5, 5.41) is 14.0. The molecule has 3 aromatic heterocycles. The molecule has 2 unspecified atom stereocenters. The van der Waals surface area contributed by atoms with E-state index in [4.69, 9.17) is 4.98 Å². The minimum atomic E-state index is -0.0392. The summed E-state index contributed by atoms with van der Waals surface area (Å²) >= 11 is 1.63. The number of nitrogens with zero attached hydrogens (tertiary/aromatic N) is 3. The van der Waals surface area contributed by atoms with E-state index in [1.165, 1.54) is 0 Å². The molecule has 2 N–H and O–H groups in total. The molecule has 1 saturated heterocycles. The molecule has 158 valence electrons. The number of nitrogens with one attached hydrogen (secondary N) is 2. The van der Waals surface area contributed by atoms with Crippen LogP contribution >= 0.6 is 36.2 Å². The number of pyridine rings is 1. The molecule has 0 bridgehead atoms. The average Bonchev–Trinajstić information content (AvgIpc) is 3.30. The molecule has 4 heterocycles. The highest BCUT2D eigenvalue weighted by Gasteiger charge is 2.23. The molecule has 4 rings (SSSR count). The standard InChI is InChI=1S/C20H25N5OS.2ClH/c1-12(2)25-19-16(11-22-25)15(10-17(24-19)18-5-4-8-27-18)20(26)23-14-6-7-21-13(3)9-14;;/h4-5,8,10-14,21H,6-7,9H2,1-3H3,(H,23,26);2*1H. The zero-order chi connectivity index (χ0) is 19.0. The number of thiophene rings is 1. The number of carbonyl (C=O) groups is 1. The molecule has 0 saturated carbocycles. The monoisotopic (exact) mass is 455 g/mol. The Kier molecular flexibility index (Phi) is 8.05. The molecule has 6 nitrogen and oxygen atoms in total. The van der Waals surface area contributed by atoms with E-state index in [2.05, 4.69) is 36.5 Å². The van der Waals surface area contributed by atoms with Crippen molar-refractivity contribution in [2.24, 2.45) is 0 Å². The van der Waals surface area contributed by atoms with Crippen molar-refractivity contribution in [3.63, 3.8) is 0 Å². The van der Waals surface area contributed by atoms with Crippen LogP contribution in [0, 0.1) is 0 Å². The second-order valence-corrected chi connectivity index (χ2v) is 8.45. The van der Waals surface area contributed by atoms with Crippen molar-refractivity contribution >= 4 is 53.1 Å². The van der Waals surface area contributed by atoms with Crippen molar-refractivity contribution < 1.29 is 4.79 Å². The van der Waals surface area contributed by atoms with Gasteiger partial charge in [-0.25, -0.2) is 9.67 Å². The molecule has 1 aliphatic heterocycles. The third-order valence-corrected chi connectivity index (χ3v) is 5.93. The van der Waals surface area contributed by atoms with Crippen LogP contribution in [-0.4, -0.2) is 39.3 Å². The number of amides is 1. The van der Waals surface area contributed by atoms with Gasteiger partial charge >= 0.3 is 0 Å². The van der Waals surface area contributed by atoms with Crippen molar-refractivity contribution in [2.75, 3.05) is 6.54 Å². The van der Waals surface area contributed by atoms with Crippen LogP contribution in [0.2, 0.25) is 0 Å². The molecular formula is C20H27Cl2N5OS. The smallest absolute Gasteiger partial charge is 0.252 e. The molecule has 3 aromatic rings. The summed E-state index contributed by atoms with van der Waals surface area (Å²) in [5.41, 5.74) is 2.24. The lowest BCUT2D eigenvalue weighted by Gasteiger charge is -2.28. The third-order valence-electron chi connectivity index (χ3n) is 5.03. The summed E-state index contributed by atoms with van der Waals surface area (Å²) in [6.07, 6.45) is 3.66. The van der Waals surface area contributed by atoms with Gasteiger partial charge in [-0.15, -0.1) is 36.2 Å². The van der Waals surface area contributed by atoms with Crippen LogP contribution in [-0.2, 0) is 0 Å². The van der Waals surface area contributed by atoms with Crippen LogP contribution in [0.25, 0.3) is 21.6 Å². The van der Waals surface area contributed by atoms with E-state index < -0.39 is 0 Å². The lowest BCUT2D eigenvalue weighted by Crippen LogP contribution is -2.46. The topological polar surface area (TPSA) is 71.8 Å². The van der Waals surface area contributed by atoms with Gasteiger partial charge in [0.05, 0.1) is 27.7 Å². The van der Waals surface area contributed by atoms with Gasteiger partial charge in [0.15, 0.2) is 5.65 Å². The number of hydrogen-bond donors (Lipinski definition) is 2. The Bertz CT molecular complexity index is 957. The Hall–Kier alpha value is -1.67.